The average Bonchev–Trinajstić information content (AvgIpc) is 2.80. The Hall–Kier alpha value is -1.10. The van der Waals surface area contributed by atoms with Crippen molar-refractivity contribution in [3.05, 3.63) is 45.4 Å². The molecule has 2 N–H and O–H groups in total. The highest BCUT2D eigenvalue weighted by Crippen LogP contribution is 2.30. The van der Waals surface area contributed by atoms with Crippen LogP contribution >= 0.6 is 22.9 Å². The predicted octanol–water partition coefficient (Wildman–Crippen LogP) is 3.32. The Morgan fingerprint density at radius 2 is 2.26 bits per heavy atom. The molecular formula is C14H18ClN3S. The lowest BCUT2D eigenvalue weighted by molar-refractivity contribution is 0.733. The molecule has 0 fully saturated rings. The lowest BCUT2D eigenvalue weighted by atomic mass is 10.0. The van der Waals surface area contributed by atoms with Crippen molar-refractivity contribution in [2.45, 2.75) is 25.9 Å². The van der Waals surface area contributed by atoms with E-state index in [-0.39, 0.29) is 6.04 Å². The van der Waals surface area contributed by atoms with Crippen LogP contribution in [0.15, 0.2) is 29.1 Å². The van der Waals surface area contributed by atoms with Crippen LogP contribution in [0.3, 0.4) is 0 Å². The zero-order valence-corrected chi connectivity index (χ0v) is 12.7. The summed E-state index contributed by atoms with van der Waals surface area (Å²) in [6, 6.07) is 6.09. The maximum absolute atomic E-state index is 6.35. The van der Waals surface area contributed by atoms with Crippen molar-refractivity contribution in [2.75, 3.05) is 11.9 Å². The van der Waals surface area contributed by atoms with Crippen molar-refractivity contribution in [3.8, 4) is 0 Å². The van der Waals surface area contributed by atoms with E-state index in [9.17, 15) is 0 Å². The molecule has 0 amide bonds. The van der Waals surface area contributed by atoms with Gasteiger partial charge in [-0.25, -0.2) is 4.98 Å². The van der Waals surface area contributed by atoms with E-state index in [0.29, 0.717) is 0 Å². The molecule has 1 unspecified atom stereocenters. The summed E-state index contributed by atoms with van der Waals surface area (Å²) < 4.78 is 0. The largest absolute Gasteiger partial charge is 0.367 e. The zero-order chi connectivity index (χ0) is 13.8. The fourth-order valence-corrected chi connectivity index (χ4v) is 3.02. The smallest absolute Gasteiger partial charge is 0.0795 e. The van der Waals surface area contributed by atoms with Gasteiger partial charge in [-0.3, -0.25) is 0 Å². The first-order valence-corrected chi connectivity index (χ1v) is 7.51. The van der Waals surface area contributed by atoms with Gasteiger partial charge in [0.25, 0.3) is 0 Å². The second-order valence-electron chi connectivity index (χ2n) is 4.76. The minimum absolute atomic E-state index is 0.116. The quantitative estimate of drug-likeness (QED) is 0.920. The second kappa shape index (κ2) is 6.37. The first-order chi connectivity index (χ1) is 9.08. The van der Waals surface area contributed by atoms with Crippen LogP contribution in [0.25, 0.3) is 0 Å². The van der Waals surface area contributed by atoms with Crippen molar-refractivity contribution in [1.29, 1.82) is 0 Å². The number of benzene rings is 1. The number of halogens is 1. The van der Waals surface area contributed by atoms with E-state index in [4.69, 9.17) is 17.3 Å². The van der Waals surface area contributed by atoms with Crippen LogP contribution in [-0.4, -0.2) is 18.1 Å². The molecule has 102 valence electrons. The van der Waals surface area contributed by atoms with Crippen molar-refractivity contribution >= 4 is 28.6 Å². The standard InChI is InChI=1S/C14H18ClN3S/c1-10(16)6-11-4-3-5-13(15)14(11)18(2)7-12-8-19-9-17-12/h3-5,8-10H,6-7,16H2,1-2H3. The Morgan fingerprint density at radius 3 is 2.89 bits per heavy atom. The number of para-hydroxylation sites is 1. The number of anilines is 1. The summed E-state index contributed by atoms with van der Waals surface area (Å²) in [5.41, 5.74) is 11.0. The Labute approximate surface area is 123 Å². The van der Waals surface area contributed by atoms with Crippen molar-refractivity contribution in [3.63, 3.8) is 0 Å². The topological polar surface area (TPSA) is 42.1 Å². The molecule has 0 aliphatic rings. The zero-order valence-electron chi connectivity index (χ0n) is 11.1. The molecule has 1 aromatic carbocycles. The molecule has 0 aliphatic carbocycles. The van der Waals surface area contributed by atoms with Crippen LogP contribution in [-0.2, 0) is 13.0 Å². The lowest BCUT2D eigenvalue weighted by Gasteiger charge is -2.23. The first kappa shape index (κ1) is 14.3. The van der Waals surface area contributed by atoms with E-state index in [1.165, 1.54) is 5.56 Å². The molecule has 1 atom stereocenters. The number of thiazole rings is 1. The van der Waals surface area contributed by atoms with Gasteiger partial charge in [0, 0.05) is 18.5 Å². The van der Waals surface area contributed by atoms with Gasteiger partial charge in [-0.2, -0.15) is 0 Å². The normalized spacial score (nSPS) is 12.4. The number of hydrogen-bond acceptors (Lipinski definition) is 4. The first-order valence-electron chi connectivity index (χ1n) is 6.19. The molecule has 3 nitrogen and oxygen atoms in total. The third-order valence-corrected chi connectivity index (χ3v) is 3.82. The Morgan fingerprint density at radius 1 is 1.47 bits per heavy atom. The Balaban J connectivity index is 2.26. The van der Waals surface area contributed by atoms with Crippen LogP contribution in [0.1, 0.15) is 18.2 Å². The molecule has 0 spiro atoms. The summed E-state index contributed by atoms with van der Waals surface area (Å²) in [6.45, 7) is 2.75. The number of rotatable bonds is 5. The highest BCUT2D eigenvalue weighted by atomic mass is 35.5. The van der Waals surface area contributed by atoms with Crippen LogP contribution in [0.2, 0.25) is 5.02 Å². The fraction of sp³-hybridized carbons (Fsp3) is 0.357. The number of hydrogen-bond donors (Lipinski definition) is 1. The molecule has 0 radical (unpaired) electrons. The van der Waals surface area contributed by atoms with E-state index in [1.54, 1.807) is 11.3 Å². The SMILES string of the molecule is CC(N)Cc1cccc(Cl)c1N(C)Cc1cscn1. The summed E-state index contributed by atoms with van der Waals surface area (Å²) in [6.07, 6.45) is 0.817. The molecule has 0 saturated heterocycles. The molecule has 1 heterocycles. The summed E-state index contributed by atoms with van der Waals surface area (Å²) in [5.74, 6) is 0. The molecular weight excluding hydrogens is 278 g/mol. The highest BCUT2D eigenvalue weighted by Gasteiger charge is 2.13. The minimum Gasteiger partial charge on any atom is -0.367 e. The van der Waals surface area contributed by atoms with Gasteiger partial charge in [0.2, 0.25) is 0 Å². The molecule has 2 aromatic rings. The van der Waals surface area contributed by atoms with Gasteiger partial charge in [-0.15, -0.1) is 11.3 Å². The van der Waals surface area contributed by atoms with Gasteiger partial charge in [0.15, 0.2) is 0 Å². The van der Waals surface area contributed by atoms with E-state index >= 15 is 0 Å². The number of nitrogens with two attached hydrogens (primary N) is 1. The summed E-state index contributed by atoms with van der Waals surface area (Å²) in [7, 11) is 2.03. The van der Waals surface area contributed by atoms with Crippen LogP contribution < -0.4 is 10.6 Å². The van der Waals surface area contributed by atoms with Crippen LogP contribution in [0.4, 0.5) is 5.69 Å². The van der Waals surface area contributed by atoms with Crippen molar-refractivity contribution in [1.82, 2.24) is 4.98 Å². The molecule has 1 aromatic heterocycles. The maximum atomic E-state index is 6.35. The van der Waals surface area contributed by atoms with Gasteiger partial charge in [0.1, 0.15) is 0 Å². The lowest BCUT2D eigenvalue weighted by Crippen LogP contribution is -2.22. The molecule has 19 heavy (non-hydrogen) atoms. The predicted molar refractivity (Wildman–Crippen MR) is 83.0 cm³/mol. The van der Waals surface area contributed by atoms with Crippen molar-refractivity contribution in [2.24, 2.45) is 5.73 Å². The van der Waals surface area contributed by atoms with Gasteiger partial charge in [0.05, 0.1) is 28.5 Å². The summed E-state index contributed by atoms with van der Waals surface area (Å²) >= 11 is 7.95. The van der Waals surface area contributed by atoms with Crippen LogP contribution in [0.5, 0.6) is 0 Å². The Kier molecular flexibility index (Phi) is 4.80. The summed E-state index contributed by atoms with van der Waals surface area (Å²) in [5, 5.41) is 2.81. The number of nitrogens with zero attached hydrogens (tertiary/aromatic N) is 2. The van der Waals surface area contributed by atoms with Gasteiger partial charge in [-0.1, -0.05) is 23.7 Å². The maximum Gasteiger partial charge on any atom is 0.0795 e. The second-order valence-corrected chi connectivity index (χ2v) is 5.89. The van der Waals surface area contributed by atoms with Gasteiger partial charge in [-0.05, 0) is 25.0 Å². The van der Waals surface area contributed by atoms with Crippen LogP contribution in [0, 0.1) is 0 Å². The third-order valence-electron chi connectivity index (χ3n) is 2.88. The fourth-order valence-electron chi connectivity index (χ4n) is 2.14. The third kappa shape index (κ3) is 3.69. The molecule has 5 heteroatoms. The minimum atomic E-state index is 0.116. The Bertz CT molecular complexity index is 525. The average molecular weight is 296 g/mol. The summed E-state index contributed by atoms with van der Waals surface area (Å²) in [4.78, 5) is 6.45. The van der Waals surface area contributed by atoms with Gasteiger partial charge < -0.3 is 10.6 Å². The monoisotopic (exact) mass is 295 g/mol. The molecule has 0 saturated carbocycles. The number of aromatic nitrogens is 1. The highest BCUT2D eigenvalue weighted by molar-refractivity contribution is 7.07. The van der Waals surface area contributed by atoms with E-state index in [1.807, 2.05) is 31.6 Å². The van der Waals surface area contributed by atoms with E-state index in [0.717, 1.165) is 29.4 Å². The van der Waals surface area contributed by atoms with Gasteiger partial charge >= 0.3 is 0 Å². The van der Waals surface area contributed by atoms with E-state index < -0.39 is 0 Å². The molecule has 0 bridgehead atoms. The molecule has 0 aliphatic heterocycles. The van der Waals surface area contributed by atoms with Crippen molar-refractivity contribution < 1.29 is 0 Å². The molecule has 2 rings (SSSR count). The van der Waals surface area contributed by atoms with E-state index in [2.05, 4.69) is 21.3 Å².